The van der Waals surface area contributed by atoms with Gasteiger partial charge < -0.3 is 19.5 Å². The molecule has 2 aromatic carbocycles. The van der Waals surface area contributed by atoms with Crippen LogP contribution in [0.4, 0.5) is 10.8 Å². The summed E-state index contributed by atoms with van der Waals surface area (Å²) in [5.41, 5.74) is 1.03. The molecule has 9 nitrogen and oxygen atoms in total. The number of rotatable bonds is 8. The monoisotopic (exact) mass is 458 g/mol. The number of carbonyl (C=O) groups is 2. The summed E-state index contributed by atoms with van der Waals surface area (Å²) in [6.45, 7) is 2.53. The van der Waals surface area contributed by atoms with Crippen LogP contribution in [0.5, 0.6) is 17.2 Å². The Kier molecular flexibility index (Phi) is 6.53. The summed E-state index contributed by atoms with van der Waals surface area (Å²) in [6.07, 6.45) is 0. The quantitative estimate of drug-likeness (QED) is 0.389. The maximum absolute atomic E-state index is 12.4. The van der Waals surface area contributed by atoms with Gasteiger partial charge in [0.1, 0.15) is 5.75 Å². The third-order valence-corrected chi connectivity index (χ3v) is 6.02. The number of ether oxygens (including phenoxy) is 3. The lowest BCUT2D eigenvalue weighted by molar-refractivity contribution is -0.113. The lowest BCUT2D eigenvalue weighted by atomic mass is 10.2. The van der Waals surface area contributed by atoms with Crippen LogP contribution in [0.15, 0.2) is 46.8 Å². The minimum Gasteiger partial charge on any atom is -0.492 e. The first-order valence-corrected chi connectivity index (χ1v) is 11.1. The van der Waals surface area contributed by atoms with Crippen LogP contribution in [0, 0.1) is 0 Å². The SMILES string of the molecule is CCOc1ccccc1NC(=O)CSc1nnc(NC(=O)c2ccc3c(c2)OCO3)s1. The second-order valence-electron chi connectivity index (χ2n) is 6.16. The van der Waals surface area contributed by atoms with E-state index in [0.717, 1.165) is 0 Å². The summed E-state index contributed by atoms with van der Waals surface area (Å²) in [5.74, 6) is 1.36. The Balaban J connectivity index is 1.30. The molecular formula is C20H18N4O5S2. The zero-order valence-electron chi connectivity index (χ0n) is 16.4. The fraction of sp³-hybridized carbons (Fsp3) is 0.200. The molecule has 0 saturated carbocycles. The van der Waals surface area contributed by atoms with Crippen molar-refractivity contribution in [2.45, 2.75) is 11.3 Å². The Labute approximate surface area is 186 Å². The smallest absolute Gasteiger partial charge is 0.257 e. The van der Waals surface area contributed by atoms with E-state index < -0.39 is 0 Å². The number of nitrogens with zero attached hydrogens (tertiary/aromatic N) is 2. The van der Waals surface area contributed by atoms with Crippen LogP contribution in [0.1, 0.15) is 17.3 Å². The van der Waals surface area contributed by atoms with Gasteiger partial charge in [0.15, 0.2) is 15.8 Å². The maximum atomic E-state index is 12.4. The van der Waals surface area contributed by atoms with Crippen LogP contribution < -0.4 is 24.8 Å². The fourth-order valence-electron chi connectivity index (χ4n) is 2.69. The number of hydrogen-bond acceptors (Lipinski definition) is 9. The number of fused-ring (bicyclic) bond motifs is 1. The van der Waals surface area contributed by atoms with Crippen LogP contribution in [0.2, 0.25) is 0 Å². The number of anilines is 2. The van der Waals surface area contributed by atoms with Gasteiger partial charge in [-0.15, -0.1) is 10.2 Å². The topological polar surface area (TPSA) is 112 Å². The van der Waals surface area contributed by atoms with E-state index in [1.54, 1.807) is 30.3 Å². The fourth-order valence-corrected chi connectivity index (χ4v) is 4.24. The molecule has 31 heavy (non-hydrogen) atoms. The summed E-state index contributed by atoms with van der Waals surface area (Å²) in [7, 11) is 0. The predicted molar refractivity (Wildman–Crippen MR) is 117 cm³/mol. The van der Waals surface area contributed by atoms with E-state index in [4.69, 9.17) is 14.2 Å². The number of benzene rings is 2. The van der Waals surface area contributed by atoms with Crippen LogP contribution in [-0.4, -0.2) is 41.2 Å². The molecule has 3 aromatic rings. The number of amides is 2. The number of nitrogens with one attached hydrogen (secondary N) is 2. The molecule has 160 valence electrons. The van der Waals surface area contributed by atoms with Gasteiger partial charge in [-0.25, -0.2) is 0 Å². The minimum absolute atomic E-state index is 0.141. The van der Waals surface area contributed by atoms with E-state index in [1.165, 1.54) is 23.1 Å². The third kappa shape index (κ3) is 5.25. The molecule has 0 atom stereocenters. The second kappa shape index (κ2) is 9.67. The third-order valence-electron chi connectivity index (χ3n) is 4.05. The van der Waals surface area contributed by atoms with Crippen LogP contribution in [0.3, 0.4) is 0 Å². The van der Waals surface area contributed by atoms with Gasteiger partial charge in [-0.1, -0.05) is 35.2 Å². The summed E-state index contributed by atoms with van der Waals surface area (Å²) in [4.78, 5) is 24.7. The molecule has 1 aromatic heterocycles. The highest BCUT2D eigenvalue weighted by atomic mass is 32.2. The molecule has 2 amide bonds. The van der Waals surface area contributed by atoms with E-state index in [-0.39, 0.29) is 24.4 Å². The van der Waals surface area contributed by atoms with Gasteiger partial charge in [-0.05, 0) is 37.3 Å². The minimum atomic E-state index is -0.337. The average molecular weight is 459 g/mol. The number of thioether (sulfide) groups is 1. The molecule has 0 saturated heterocycles. The summed E-state index contributed by atoms with van der Waals surface area (Å²) >= 11 is 2.42. The first kappa shape index (κ1) is 20.9. The van der Waals surface area contributed by atoms with Gasteiger partial charge in [0.2, 0.25) is 17.8 Å². The molecule has 4 rings (SSSR count). The maximum Gasteiger partial charge on any atom is 0.257 e. The molecular weight excluding hydrogens is 440 g/mol. The van der Waals surface area contributed by atoms with Crippen LogP contribution in [-0.2, 0) is 4.79 Å². The number of hydrogen-bond donors (Lipinski definition) is 2. The number of aromatic nitrogens is 2. The largest absolute Gasteiger partial charge is 0.492 e. The molecule has 1 aliphatic rings. The van der Waals surface area contributed by atoms with Crippen molar-refractivity contribution in [1.29, 1.82) is 0 Å². The Bertz CT molecular complexity index is 1100. The predicted octanol–water partition coefficient (Wildman–Crippen LogP) is 3.65. The zero-order chi connectivity index (χ0) is 21.6. The van der Waals surface area contributed by atoms with E-state index >= 15 is 0 Å². The molecule has 2 N–H and O–H groups in total. The molecule has 0 radical (unpaired) electrons. The van der Waals surface area contributed by atoms with Gasteiger partial charge in [0, 0.05) is 5.56 Å². The van der Waals surface area contributed by atoms with E-state index in [2.05, 4.69) is 20.8 Å². The molecule has 0 aliphatic carbocycles. The standard InChI is InChI=1S/C20H18N4O5S2/c1-2-27-14-6-4-3-5-13(14)21-17(25)10-30-20-24-23-19(31-20)22-18(26)12-7-8-15-16(9-12)29-11-28-15/h3-9H,2,10-11H2,1H3,(H,21,25)(H,22,23,26). The molecule has 0 bridgehead atoms. The van der Waals surface area contributed by atoms with Crippen LogP contribution >= 0.6 is 23.1 Å². The lowest BCUT2D eigenvalue weighted by Gasteiger charge is -2.10. The lowest BCUT2D eigenvalue weighted by Crippen LogP contribution is -2.14. The van der Waals surface area contributed by atoms with Gasteiger partial charge in [0.25, 0.3) is 5.91 Å². The van der Waals surface area contributed by atoms with Gasteiger partial charge >= 0.3 is 0 Å². The van der Waals surface area contributed by atoms with Crippen LogP contribution in [0.25, 0.3) is 0 Å². The Hall–Kier alpha value is -3.31. The van der Waals surface area contributed by atoms with Crippen molar-refractivity contribution in [3.63, 3.8) is 0 Å². The first-order chi connectivity index (χ1) is 15.1. The molecule has 0 fully saturated rings. The highest BCUT2D eigenvalue weighted by molar-refractivity contribution is 8.01. The highest BCUT2D eigenvalue weighted by Gasteiger charge is 2.17. The molecule has 1 aliphatic heterocycles. The summed E-state index contributed by atoms with van der Waals surface area (Å²) in [5, 5.41) is 13.8. The van der Waals surface area contributed by atoms with Crippen molar-refractivity contribution in [1.82, 2.24) is 10.2 Å². The van der Waals surface area contributed by atoms with Crippen molar-refractivity contribution in [3.8, 4) is 17.2 Å². The van der Waals surface area contributed by atoms with Crippen molar-refractivity contribution < 1.29 is 23.8 Å². The summed E-state index contributed by atoms with van der Waals surface area (Å²) < 4.78 is 16.6. The molecule has 11 heteroatoms. The number of carbonyl (C=O) groups excluding carboxylic acids is 2. The first-order valence-electron chi connectivity index (χ1n) is 9.31. The molecule has 0 unspecified atom stereocenters. The zero-order valence-corrected chi connectivity index (χ0v) is 18.0. The second-order valence-corrected chi connectivity index (χ2v) is 8.36. The Morgan fingerprint density at radius 3 is 2.84 bits per heavy atom. The van der Waals surface area contributed by atoms with Crippen molar-refractivity contribution >= 4 is 45.7 Å². The van der Waals surface area contributed by atoms with Crippen molar-refractivity contribution in [3.05, 3.63) is 48.0 Å². The van der Waals surface area contributed by atoms with Gasteiger partial charge in [-0.3, -0.25) is 14.9 Å². The van der Waals surface area contributed by atoms with E-state index in [9.17, 15) is 9.59 Å². The van der Waals surface area contributed by atoms with Crippen molar-refractivity contribution in [2.75, 3.05) is 29.8 Å². The van der Waals surface area contributed by atoms with Crippen molar-refractivity contribution in [2.24, 2.45) is 0 Å². The molecule has 2 heterocycles. The van der Waals surface area contributed by atoms with Gasteiger partial charge in [0.05, 0.1) is 18.0 Å². The van der Waals surface area contributed by atoms with E-state index in [0.29, 0.717) is 44.6 Å². The highest BCUT2D eigenvalue weighted by Crippen LogP contribution is 2.33. The summed E-state index contributed by atoms with van der Waals surface area (Å²) in [6, 6.07) is 12.2. The van der Waals surface area contributed by atoms with E-state index in [1.807, 2.05) is 19.1 Å². The average Bonchev–Trinajstić information content (AvgIpc) is 3.42. The normalized spacial score (nSPS) is 11.8. The number of para-hydroxylation sites is 2. The Morgan fingerprint density at radius 1 is 1.13 bits per heavy atom. The van der Waals surface area contributed by atoms with Gasteiger partial charge in [-0.2, -0.15) is 0 Å². The Morgan fingerprint density at radius 2 is 1.97 bits per heavy atom. The molecule has 0 spiro atoms.